The highest BCUT2D eigenvalue weighted by Gasteiger charge is 2.28. The van der Waals surface area contributed by atoms with Crippen molar-refractivity contribution in [2.45, 2.75) is 24.5 Å². The van der Waals surface area contributed by atoms with E-state index < -0.39 is 10.0 Å². The zero-order valence-electron chi connectivity index (χ0n) is 18.2. The first kappa shape index (κ1) is 23.0. The van der Waals surface area contributed by atoms with Gasteiger partial charge in [0, 0.05) is 37.2 Å². The van der Waals surface area contributed by atoms with Crippen LogP contribution < -0.4 is 10.1 Å². The Labute approximate surface area is 192 Å². The van der Waals surface area contributed by atoms with Crippen LogP contribution in [0.3, 0.4) is 0 Å². The fourth-order valence-corrected chi connectivity index (χ4v) is 4.85. The van der Waals surface area contributed by atoms with Crippen molar-refractivity contribution in [2.24, 2.45) is 0 Å². The molecular formula is C23H26N4O5S. The standard InChI is InChI=1S/C23H26N4O5S/c1-17(19-4-6-20(7-5-19)32-16-18-3-2-8-24-14-18)26-23(28)22-13-21(15-25-22)33(29,30)27-9-11-31-12-10-27/h2-8,13-15,17,25H,9-12,16H2,1H3,(H,26,28). The van der Waals surface area contributed by atoms with Crippen LogP contribution in [0.2, 0.25) is 0 Å². The number of ether oxygens (including phenoxy) is 2. The molecule has 1 fully saturated rings. The molecule has 0 spiro atoms. The summed E-state index contributed by atoms with van der Waals surface area (Å²) in [5.74, 6) is 0.325. The van der Waals surface area contributed by atoms with Gasteiger partial charge < -0.3 is 19.8 Å². The Morgan fingerprint density at radius 2 is 2.00 bits per heavy atom. The van der Waals surface area contributed by atoms with Crippen LogP contribution in [0.15, 0.2) is 66.0 Å². The topological polar surface area (TPSA) is 114 Å². The molecule has 1 unspecified atom stereocenters. The molecular weight excluding hydrogens is 444 g/mol. The second-order valence-corrected chi connectivity index (χ2v) is 9.62. The maximum absolute atomic E-state index is 12.7. The molecule has 0 aliphatic carbocycles. The number of aromatic amines is 1. The van der Waals surface area contributed by atoms with Crippen molar-refractivity contribution < 1.29 is 22.7 Å². The van der Waals surface area contributed by atoms with Crippen LogP contribution in [0.5, 0.6) is 5.75 Å². The summed E-state index contributed by atoms with van der Waals surface area (Å²) >= 11 is 0. The molecule has 1 aliphatic heterocycles. The predicted octanol–water partition coefficient (Wildman–Crippen LogP) is 2.50. The van der Waals surface area contributed by atoms with E-state index in [4.69, 9.17) is 9.47 Å². The Morgan fingerprint density at radius 3 is 2.70 bits per heavy atom. The highest BCUT2D eigenvalue weighted by atomic mass is 32.2. The number of morpholine rings is 1. The molecule has 3 heterocycles. The highest BCUT2D eigenvalue weighted by molar-refractivity contribution is 7.89. The van der Waals surface area contributed by atoms with Gasteiger partial charge in [-0.3, -0.25) is 9.78 Å². The van der Waals surface area contributed by atoms with Gasteiger partial charge in [0.15, 0.2) is 0 Å². The molecule has 3 aromatic rings. The molecule has 1 amide bonds. The molecule has 10 heteroatoms. The molecule has 1 aliphatic rings. The SMILES string of the molecule is CC(NC(=O)c1cc(S(=O)(=O)N2CCOCC2)c[nH]1)c1ccc(OCc2cccnc2)cc1. The van der Waals surface area contributed by atoms with Crippen LogP contribution in [0.25, 0.3) is 0 Å². The summed E-state index contributed by atoms with van der Waals surface area (Å²) < 4.78 is 37.8. The number of amides is 1. The first-order valence-corrected chi connectivity index (χ1v) is 12.1. The van der Waals surface area contributed by atoms with E-state index in [0.717, 1.165) is 11.1 Å². The van der Waals surface area contributed by atoms with Crippen molar-refractivity contribution in [1.29, 1.82) is 0 Å². The number of nitrogens with one attached hydrogen (secondary N) is 2. The van der Waals surface area contributed by atoms with E-state index in [9.17, 15) is 13.2 Å². The van der Waals surface area contributed by atoms with Gasteiger partial charge in [-0.25, -0.2) is 8.42 Å². The number of hydrogen-bond acceptors (Lipinski definition) is 6. The van der Waals surface area contributed by atoms with E-state index in [1.54, 1.807) is 12.4 Å². The monoisotopic (exact) mass is 470 g/mol. The lowest BCUT2D eigenvalue weighted by atomic mass is 10.1. The van der Waals surface area contributed by atoms with Crippen LogP contribution >= 0.6 is 0 Å². The number of hydrogen-bond donors (Lipinski definition) is 2. The second-order valence-electron chi connectivity index (χ2n) is 7.68. The third-order valence-electron chi connectivity index (χ3n) is 5.36. The number of aromatic nitrogens is 2. The average Bonchev–Trinajstić information content (AvgIpc) is 3.36. The number of pyridine rings is 1. The van der Waals surface area contributed by atoms with E-state index in [1.165, 1.54) is 16.6 Å². The summed E-state index contributed by atoms with van der Waals surface area (Å²) in [6.45, 7) is 3.60. The molecule has 4 rings (SSSR count). The molecule has 1 saturated heterocycles. The predicted molar refractivity (Wildman–Crippen MR) is 121 cm³/mol. The number of carbonyl (C=O) groups excluding carboxylic acids is 1. The van der Waals surface area contributed by atoms with Crippen LogP contribution in [-0.2, 0) is 21.4 Å². The minimum Gasteiger partial charge on any atom is -0.489 e. The van der Waals surface area contributed by atoms with Gasteiger partial charge in [-0.15, -0.1) is 0 Å². The largest absolute Gasteiger partial charge is 0.489 e. The summed E-state index contributed by atoms with van der Waals surface area (Å²) in [4.78, 5) is 19.6. The van der Waals surface area contributed by atoms with Crippen LogP contribution in [0, 0.1) is 0 Å². The lowest BCUT2D eigenvalue weighted by molar-refractivity contribution is 0.0730. The maximum Gasteiger partial charge on any atom is 0.268 e. The average molecular weight is 471 g/mol. The molecule has 33 heavy (non-hydrogen) atoms. The second kappa shape index (κ2) is 10.2. The molecule has 0 saturated carbocycles. The number of nitrogens with zero attached hydrogens (tertiary/aromatic N) is 2. The van der Waals surface area contributed by atoms with E-state index in [-0.39, 0.29) is 22.5 Å². The van der Waals surface area contributed by atoms with E-state index in [0.29, 0.717) is 38.7 Å². The quantitative estimate of drug-likeness (QED) is 0.523. The number of sulfonamides is 1. The third-order valence-corrected chi connectivity index (χ3v) is 7.24. The molecule has 2 aromatic heterocycles. The molecule has 1 aromatic carbocycles. The van der Waals surface area contributed by atoms with Gasteiger partial charge in [0.05, 0.1) is 19.3 Å². The molecule has 0 bridgehead atoms. The van der Waals surface area contributed by atoms with Gasteiger partial charge in [0.25, 0.3) is 5.91 Å². The lowest BCUT2D eigenvalue weighted by Gasteiger charge is -2.25. The van der Waals surface area contributed by atoms with Gasteiger partial charge in [0.2, 0.25) is 10.0 Å². The molecule has 1 atom stereocenters. The van der Waals surface area contributed by atoms with Crippen molar-refractivity contribution in [3.05, 3.63) is 77.9 Å². The van der Waals surface area contributed by atoms with Crippen molar-refractivity contribution >= 4 is 15.9 Å². The van der Waals surface area contributed by atoms with Crippen LogP contribution in [-0.4, -0.2) is 54.9 Å². The number of carbonyl (C=O) groups is 1. The lowest BCUT2D eigenvalue weighted by Crippen LogP contribution is -2.40. The molecule has 0 radical (unpaired) electrons. The third kappa shape index (κ3) is 5.59. The van der Waals surface area contributed by atoms with E-state index >= 15 is 0 Å². The zero-order chi connectivity index (χ0) is 23.3. The van der Waals surface area contributed by atoms with Gasteiger partial charge >= 0.3 is 0 Å². The van der Waals surface area contributed by atoms with E-state index in [1.807, 2.05) is 43.3 Å². The minimum absolute atomic E-state index is 0.0670. The smallest absolute Gasteiger partial charge is 0.268 e. The Balaban J connectivity index is 1.34. The fraction of sp³-hybridized carbons (Fsp3) is 0.304. The summed E-state index contributed by atoms with van der Waals surface area (Å²) in [5.41, 5.74) is 2.05. The van der Waals surface area contributed by atoms with Crippen LogP contribution in [0.1, 0.15) is 34.6 Å². The highest BCUT2D eigenvalue weighted by Crippen LogP contribution is 2.21. The van der Waals surface area contributed by atoms with Gasteiger partial charge in [0.1, 0.15) is 22.9 Å². The minimum atomic E-state index is -3.66. The van der Waals surface area contributed by atoms with Crippen LogP contribution in [0.4, 0.5) is 0 Å². The molecule has 9 nitrogen and oxygen atoms in total. The number of H-pyrrole nitrogens is 1. The van der Waals surface area contributed by atoms with Crippen molar-refractivity contribution in [3.63, 3.8) is 0 Å². The molecule has 174 valence electrons. The zero-order valence-corrected chi connectivity index (χ0v) is 19.0. The maximum atomic E-state index is 12.7. The van der Waals surface area contributed by atoms with Gasteiger partial charge in [-0.05, 0) is 36.8 Å². The molecule has 2 N–H and O–H groups in total. The van der Waals surface area contributed by atoms with Gasteiger partial charge in [-0.2, -0.15) is 4.31 Å². The first-order chi connectivity index (χ1) is 15.9. The van der Waals surface area contributed by atoms with Crippen molar-refractivity contribution in [2.75, 3.05) is 26.3 Å². The Hall–Kier alpha value is -3.21. The summed E-state index contributed by atoms with van der Waals surface area (Å²) in [6.07, 6.45) is 4.81. The summed E-state index contributed by atoms with van der Waals surface area (Å²) in [6, 6.07) is 12.3. The first-order valence-electron chi connectivity index (χ1n) is 10.6. The van der Waals surface area contributed by atoms with Crippen molar-refractivity contribution in [1.82, 2.24) is 19.6 Å². The van der Waals surface area contributed by atoms with Gasteiger partial charge in [-0.1, -0.05) is 18.2 Å². The van der Waals surface area contributed by atoms with E-state index in [2.05, 4.69) is 15.3 Å². The normalized spacial score (nSPS) is 15.7. The Kier molecular flexibility index (Phi) is 7.07. The summed E-state index contributed by atoms with van der Waals surface area (Å²) in [7, 11) is -3.66. The number of benzene rings is 1. The Morgan fingerprint density at radius 1 is 1.24 bits per heavy atom. The summed E-state index contributed by atoms with van der Waals surface area (Å²) in [5, 5.41) is 2.89. The Bertz CT molecular complexity index is 1170. The fourth-order valence-electron chi connectivity index (χ4n) is 3.45. The number of rotatable bonds is 8. The van der Waals surface area contributed by atoms with Crippen molar-refractivity contribution in [3.8, 4) is 5.75 Å².